The van der Waals surface area contributed by atoms with Crippen LogP contribution in [0.4, 0.5) is 0 Å². The molecule has 0 fully saturated rings. The van der Waals surface area contributed by atoms with Crippen LogP contribution in [0, 0.1) is 5.92 Å². The first-order valence-corrected chi connectivity index (χ1v) is 8.84. The molecule has 0 aliphatic rings. The third kappa shape index (κ3) is 4.04. The van der Waals surface area contributed by atoms with Gasteiger partial charge in [-0.3, -0.25) is 9.48 Å². The summed E-state index contributed by atoms with van der Waals surface area (Å²) in [6.07, 6.45) is 1.01. The minimum absolute atomic E-state index is 0.0849. The molecular formula is C21H24N2O3. The smallest absolute Gasteiger partial charge is 0.327 e. The molecule has 1 aromatic heterocycles. The van der Waals surface area contributed by atoms with Gasteiger partial charge in [0.05, 0.1) is 19.2 Å². The van der Waals surface area contributed by atoms with Crippen LogP contribution in [0.5, 0.6) is 5.75 Å². The lowest BCUT2D eigenvalue weighted by molar-refractivity contribution is -0.141. The zero-order valence-corrected chi connectivity index (χ0v) is 15.4. The Morgan fingerprint density at radius 1 is 1.15 bits per heavy atom. The second-order valence-electron chi connectivity index (χ2n) is 6.66. The van der Waals surface area contributed by atoms with Crippen LogP contribution in [0.25, 0.3) is 22.2 Å². The molecule has 0 radical (unpaired) electrons. The standard InChI is InChI=1S/C21H24N2O3/c1-15(2)11-12-26-17-8-6-7-16(13-17)21-18-9-4-5-10-19(18)23(22-21)14-20(24)25-3/h4-10,13,15H,11-12,14H2,1-3H3. The molecule has 0 amide bonds. The first-order chi connectivity index (χ1) is 12.6. The average Bonchev–Trinajstić information content (AvgIpc) is 3.00. The van der Waals surface area contributed by atoms with E-state index < -0.39 is 0 Å². The van der Waals surface area contributed by atoms with Crippen molar-refractivity contribution in [3.05, 3.63) is 48.5 Å². The van der Waals surface area contributed by atoms with Gasteiger partial charge in [0.15, 0.2) is 0 Å². The topological polar surface area (TPSA) is 53.4 Å². The Labute approximate surface area is 153 Å². The number of fused-ring (bicyclic) bond motifs is 1. The van der Waals surface area contributed by atoms with Crippen LogP contribution < -0.4 is 4.74 Å². The molecule has 1 heterocycles. The number of aromatic nitrogens is 2. The second kappa shape index (κ2) is 8.04. The van der Waals surface area contributed by atoms with E-state index in [-0.39, 0.29) is 12.5 Å². The zero-order valence-electron chi connectivity index (χ0n) is 15.4. The van der Waals surface area contributed by atoms with Crippen molar-refractivity contribution in [1.29, 1.82) is 0 Å². The highest BCUT2D eigenvalue weighted by molar-refractivity contribution is 5.94. The molecule has 0 bridgehead atoms. The van der Waals surface area contributed by atoms with E-state index >= 15 is 0 Å². The van der Waals surface area contributed by atoms with Gasteiger partial charge in [0.2, 0.25) is 0 Å². The van der Waals surface area contributed by atoms with Crippen LogP contribution in [0.15, 0.2) is 48.5 Å². The fourth-order valence-electron chi connectivity index (χ4n) is 2.79. The normalized spacial score (nSPS) is 11.1. The quantitative estimate of drug-likeness (QED) is 0.595. The Bertz CT molecular complexity index is 899. The summed E-state index contributed by atoms with van der Waals surface area (Å²) in [5, 5.41) is 5.65. The summed E-state index contributed by atoms with van der Waals surface area (Å²) in [6.45, 7) is 5.14. The molecule has 2 aromatic carbocycles. The van der Waals surface area contributed by atoms with Crippen molar-refractivity contribution in [2.45, 2.75) is 26.8 Å². The number of carbonyl (C=O) groups is 1. The number of ether oxygens (including phenoxy) is 2. The molecule has 3 aromatic rings. The largest absolute Gasteiger partial charge is 0.494 e. The van der Waals surface area contributed by atoms with Gasteiger partial charge in [-0.2, -0.15) is 5.10 Å². The fourth-order valence-corrected chi connectivity index (χ4v) is 2.79. The van der Waals surface area contributed by atoms with E-state index in [2.05, 4.69) is 18.9 Å². The van der Waals surface area contributed by atoms with E-state index in [1.807, 2.05) is 48.5 Å². The number of hydrogen-bond acceptors (Lipinski definition) is 4. The van der Waals surface area contributed by atoms with Crippen molar-refractivity contribution in [1.82, 2.24) is 9.78 Å². The Morgan fingerprint density at radius 2 is 1.96 bits per heavy atom. The van der Waals surface area contributed by atoms with Crippen LogP contribution in [-0.2, 0) is 16.1 Å². The summed E-state index contributed by atoms with van der Waals surface area (Å²) in [4.78, 5) is 11.7. The third-order valence-corrected chi connectivity index (χ3v) is 4.24. The van der Waals surface area contributed by atoms with Gasteiger partial charge < -0.3 is 9.47 Å². The number of nitrogens with zero attached hydrogens (tertiary/aromatic N) is 2. The SMILES string of the molecule is COC(=O)Cn1nc(-c2cccc(OCCC(C)C)c2)c2ccccc21. The number of para-hydroxylation sites is 1. The Morgan fingerprint density at radius 3 is 2.73 bits per heavy atom. The van der Waals surface area contributed by atoms with Crippen molar-refractivity contribution in [3.63, 3.8) is 0 Å². The van der Waals surface area contributed by atoms with E-state index in [0.717, 1.165) is 34.3 Å². The molecule has 26 heavy (non-hydrogen) atoms. The van der Waals surface area contributed by atoms with Crippen LogP contribution in [-0.4, -0.2) is 29.5 Å². The molecule has 0 atom stereocenters. The Hall–Kier alpha value is -2.82. The van der Waals surface area contributed by atoms with E-state index in [1.165, 1.54) is 7.11 Å². The lowest BCUT2D eigenvalue weighted by atomic mass is 10.1. The summed E-state index contributed by atoms with van der Waals surface area (Å²) in [7, 11) is 1.38. The van der Waals surface area contributed by atoms with Crippen molar-refractivity contribution in [2.24, 2.45) is 5.92 Å². The first kappa shape index (κ1) is 18.0. The Kier molecular flexibility index (Phi) is 5.56. The summed E-state index contributed by atoms with van der Waals surface area (Å²) < 4.78 is 12.3. The van der Waals surface area contributed by atoms with Crippen molar-refractivity contribution >= 4 is 16.9 Å². The number of esters is 1. The average molecular weight is 352 g/mol. The third-order valence-electron chi connectivity index (χ3n) is 4.24. The monoisotopic (exact) mass is 352 g/mol. The van der Waals surface area contributed by atoms with Crippen LogP contribution in [0.2, 0.25) is 0 Å². The van der Waals surface area contributed by atoms with Gasteiger partial charge in [-0.05, 0) is 30.5 Å². The molecular weight excluding hydrogens is 328 g/mol. The molecule has 136 valence electrons. The van der Waals surface area contributed by atoms with Gasteiger partial charge in [0, 0.05) is 10.9 Å². The van der Waals surface area contributed by atoms with Gasteiger partial charge >= 0.3 is 5.97 Å². The maximum Gasteiger partial charge on any atom is 0.327 e. The maximum atomic E-state index is 11.7. The lowest BCUT2D eigenvalue weighted by Gasteiger charge is -2.09. The van der Waals surface area contributed by atoms with E-state index in [4.69, 9.17) is 9.47 Å². The van der Waals surface area contributed by atoms with Crippen LogP contribution in [0.1, 0.15) is 20.3 Å². The molecule has 0 aliphatic carbocycles. The molecule has 0 unspecified atom stereocenters. The molecule has 0 aliphatic heterocycles. The molecule has 0 saturated heterocycles. The van der Waals surface area contributed by atoms with E-state index in [9.17, 15) is 4.79 Å². The molecule has 0 N–H and O–H groups in total. The van der Waals surface area contributed by atoms with Gasteiger partial charge in [0.25, 0.3) is 0 Å². The molecule has 0 saturated carbocycles. The number of benzene rings is 2. The van der Waals surface area contributed by atoms with Crippen molar-refractivity contribution in [2.75, 3.05) is 13.7 Å². The highest BCUT2D eigenvalue weighted by Crippen LogP contribution is 2.30. The number of carbonyl (C=O) groups excluding carboxylic acids is 1. The number of hydrogen-bond donors (Lipinski definition) is 0. The van der Waals surface area contributed by atoms with E-state index in [1.54, 1.807) is 4.68 Å². The predicted molar refractivity (Wildman–Crippen MR) is 102 cm³/mol. The summed E-state index contributed by atoms with van der Waals surface area (Å²) in [5.74, 6) is 1.11. The molecule has 5 heteroatoms. The minimum Gasteiger partial charge on any atom is -0.494 e. The van der Waals surface area contributed by atoms with Gasteiger partial charge in [-0.15, -0.1) is 0 Å². The highest BCUT2D eigenvalue weighted by Gasteiger charge is 2.14. The summed E-state index contributed by atoms with van der Waals surface area (Å²) in [5.41, 5.74) is 2.70. The van der Waals surface area contributed by atoms with Crippen molar-refractivity contribution in [3.8, 4) is 17.0 Å². The summed E-state index contributed by atoms with van der Waals surface area (Å²) >= 11 is 0. The minimum atomic E-state index is -0.324. The lowest BCUT2D eigenvalue weighted by Crippen LogP contribution is -2.12. The second-order valence-corrected chi connectivity index (χ2v) is 6.66. The van der Waals surface area contributed by atoms with E-state index in [0.29, 0.717) is 12.5 Å². The van der Waals surface area contributed by atoms with Gasteiger partial charge in [-0.1, -0.05) is 44.2 Å². The van der Waals surface area contributed by atoms with Gasteiger partial charge in [-0.25, -0.2) is 0 Å². The Balaban J connectivity index is 1.94. The number of rotatable bonds is 7. The van der Waals surface area contributed by atoms with Crippen molar-refractivity contribution < 1.29 is 14.3 Å². The predicted octanol–water partition coefficient (Wildman–Crippen LogP) is 4.30. The highest BCUT2D eigenvalue weighted by atomic mass is 16.5. The van der Waals surface area contributed by atoms with Crippen LogP contribution >= 0.6 is 0 Å². The fraction of sp³-hybridized carbons (Fsp3) is 0.333. The zero-order chi connectivity index (χ0) is 18.5. The molecule has 0 spiro atoms. The molecule has 3 rings (SSSR count). The first-order valence-electron chi connectivity index (χ1n) is 8.84. The van der Waals surface area contributed by atoms with Gasteiger partial charge in [0.1, 0.15) is 18.0 Å². The maximum absolute atomic E-state index is 11.7. The number of methoxy groups -OCH3 is 1. The van der Waals surface area contributed by atoms with Crippen LogP contribution in [0.3, 0.4) is 0 Å². The molecule has 5 nitrogen and oxygen atoms in total. The summed E-state index contributed by atoms with van der Waals surface area (Å²) in [6, 6.07) is 15.8.